The van der Waals surface area contributed by atoms with Crippen LogP contribution in [-0.4, -0.2) is 35.5 Å². The van der Waals surface area contributed by atoms with E-state index in [4.69, 9.17) is 0 Å². The molecule has 0 aliphatic carbocycles. The fraction of sp³-hybridized carbons (Fsp3) is 0.400. The van der Waals surface area contributed by atoms with Crippen LogP contribution in [0.2, 0.25) is 0 Å². The summed E-state index contributed by atoms with van der Waals surface area (Å²) < 4.78 is 36.9. The lowest BCUT2D eigenvalue weighted by Crippen LogP contribution is -2.50. The van der Waals surface area contributed by atoms with Gasteiger partial charge < -0.3 is 0 Å². The molecular formula is C40H52N2O2P2. The molecule has 1 aliphatic rings. The highest BCUT2D eigenvalue weighted by atomic mass is 31.2. The highest BCUT2D eigenvalue weighted by Gasteiger charge is 2.46. The largest absolute Gasteiger partial charge is 0.296 e. The Bertz CT molecular complexity index is 1690. The van der Waals surface area contributed by atoms with Crippen LogP contribution in [0.3, 0.4) is 0 Å². The summed E-state index contributed by atoms with van der Waals surface area (Å²) >= 11 is 0. The molecule has 46 heavy (non-hydrogen) atoms. The minimum absolute atomic E-state index is 0.564. The molecule has 0 N–H and O–H groups in total. The van der Waals surface area contributed by atoms with E-state index in [1.807, 2.05) is 0 Å². The van der Waals surface area contributed by atoms with Crippen LogP contribution in [0.25, 0.3) is 0 Å². The van der Waals surface area contributed by atoms with E-state index in [0.29, 0.717) is 26.2 Å². The smallest absolute Gasteiger partial charge is 0.208 e. The minimum Gasteiger partial charge on any atom is -0.296 e. The van der Waals surface area contributed by atoms with Crippen molar-refractivity contribution in [1.29, 1.82) is 0 Å². The van der Waals surface area contributed by atoms with E-state index in [1.54, 1.807) is 0 Å². The van der Waals surface area contributed by atoms with Gasteiger partial charge >= 0.3 is 0 Å². The second-order valence-corrected chi connectivity index (χ2v) is 19.0. The first-order chi connectivity index (χ1) is 21.6. The van der Waals surface area contributed by atoms with Gasteiger partial charge in [0.2, 0.25) is 14.6 Å². The van der Waals surface area contributed by atoms with Gasteiger partial charge in [-0.05, 0) is 150 Å². The first-order valence-corrected chi connectivity index (χ1v) is 19.9. The molecule has 0 unspecified atom stereocenters. The van der Waals surface area contributed by atoms with E-state index in [1.165, 1.54) is 0 Å². The van der Waals surface area contributed by atoms with E-state index in [2.05, 4.69) is 141 Å². The standard InChI is InChI=1S/C40H52N2O2P2/c1-25-13-17-29(5)37(33(25)9)45(43,38-30(6)18-14-26(2)34(38)10)41-21-23-42(24-22-41)46(44,39-31(7)19-15-27(3)35(39)11)40-32(8)20-16-28(4)36(40)12/h13-20H,21-24H2,1-12H3. The molecule has 244 valence electrons. The molecule has 1 fully saturated rings. The molecule has 1 heterocycles. The Morgan fingerprint density at radius 2 is 0.522 bits per heavy atom. The van der Waals surface area contributed by atoms with Crippen LogP contribution in [0.5, 0.6) is 0 Å². The van der Waals surface area contributed by atoms with Crippen molar-refractivity contribution in [2.24, 2.45) is 0 Å². The van der Waals surface area contributed by atoms with Crippen LogP contribution in [0, 0.1) is 83.1 Å². The molecule has 5 rings (SSSR count). The van der Waals surface area contributed by atoms with E-state index < -0.39 is 14.6 Å². The van der Waals surface area contributed by atoms with Crippen LogP contribution in [0.4, 0.5) is 0 Å². The molecular weight excluding hydrogens is 602 g/mol. The van der Waals surface area contributed by atoms with Crippen molar-refractivity contribution in [1.82, 2.24) is 9.34 Å². The highest BCUT2D eigenvalue weighted by molar-refractivity contribution is 7.77. The van der Waals surface area contributed by atoms with Crippen LogP contribution < -0.4 is 21.2 Å². The summed E-state index contributed by atoms with van der Waals surface area (Å²) in [6.07, 6.45) is 0. The predicted octanol–water partition coefficient (Wildman–Crippen LogP) is 8.16. The molecule has 0 atom stereocenters. The molecule has 0 aromatic heterocycles. The Balaban J connectivity index is 1.70. The summed E-state index contributed by atoms with van der Waals surface area (Å²) in [5, 5.41) is 3.88. The minimum atomic E-state index is -3.26. The van der Waals surface area contributed by atoms with Crippen molar-refractivity contribution < 1.29 is 9.13 Å². The molecule has 1 saturated heterocycles. The second kappa shape index (κ2) is 12.7. The Morgan fingerprint density at radius 1 is 0.348 bits per heavy atom. The Morgan fingerprint density at radius 3 is 0.717 bits per heavy atom. The summed E-state index contributed by atoms with van der Waals surface area (Å²) in [7, 11) is -6.53. The first-order valence-electron chi connectivity index (χ1n) is 16.6. The van der Waals surface area contributed by atoms with Crippen molar-refractivity contribution in [3.05, 3.63) is 115 Å². The molecule has 4 aromatic rings. The number of benzene rings is 4. The normalized spacial score (nSPS) is 15.0. The zero-order valence-electron chi connectivity index (χ0n) is 30.1. The third kappa shape index (κ3) is 5.40. The summed E-state index contributed by atoms with van der Waals surface area (Å²) in [5.41, 5.74) is 13.3. The van der Waals surface area contributed by atoms with Crippen LogP contribution in [0.1, 0.15) is 66.8 Å². The fourth-order valence-corrected chi connectivity index (χ4v) is 15.4. The fourth-order valence-electron chi connectivity index (χ4n) is 7.65. The maximum absolute atomic E-state index is 16.2. The van der Waals surface area contributed by atoms with Gasteiger partial charge in [0.05, 0.1) is 0 Å². The second-order valence-electron chi connectivity index (χ2n) is 13.8. The summed E-state index contributed by atoms with van der Waals surface area (Å²) in [6, 6.07) is 17.1. The molecule has 4 aromatic carbocycles. The number of nitrogens with zero attached hydrogens (tertiary/aromatic N) is 2. The van der Waals surface area contributed by atoms with Gasteiger partial charge in [-0.1, -0.05) is 48.5 Å². The van der Waals surface area contributed by atoms with Gasteiger partial charge in [-0.3, -0.25) is 9.13 Å². The Kier molecular flexibility index (Phi) is 9.55. The van der Waals surface area contributed by atoms with Gasteiger partial charge in [-0.2, -0.15) is 0 Å². The number of piperazine rings is 1. The van der Waals surface area contributed by atoms with Gasteiger partial charge in [-0.15, -0.1) is 0 Å². The maximum atomic E-state index is 16.2. The number of aryl methyl sites for hydroxylation is 8. The SMILES string of the molecule is Cc1ccc(C)c(P(=O)(c2c(C)ccc(C)c2C)N2CCN(P(=O)(c3c(C)ccc(C)c3C)c3c(C)ccc(C)c3C)CC2)c1C. The van der Waals surface area contributed by atoms with Crippen LogP contribution >= 0.6 is 14.6 Å². The summed E-state index contributed by atoms with van der Waals surface area (Å²) in [5.74, 6) is 0. The Hall–Kier alpha value is -2.74. The third-order valence-corrected chi connectivity index (χ3v) is 18.4. The topological polar surface area (TPSA) is 40.6 Å². The average Bonchev–Trinajstić information content (AvgIpc) is 3.01. The predicted molar refractivity (Wildman–Crippen MR) is 200 cm³/mol. The van der Waals surface area contributed by atoms with Crippen molar-refractivity contribution in [3.8, 4) is 0 Å². The van der Waals surface area contributed by atoms with Gasteiger partial charge in [0.15, 0.2) is 0 Å². The zero-order chi connectivity index (χ0) is 33.9. The summed E-state index contributed by atoms with van der Waals surface area (Å²) in [6.45, 7) is 27.6. The average molecular weight is 655 g/mol. The third-order valence-electron chi connectivity index (χ3n) is 10.9. The van der Waals surface area contributed by atoms with Crippen LogP contribution in [-0.2, 0) is 9.13 Å². The van der Waals surface area contributed by atoms with Crippen LogP contribution in [0.15, 0.2) is 48.5 Å². The molecule has 0 bridgehead atoms. The van der Waals surface area contributed by atoms with Gasteiger partial charge in [-0.25, -0.2) is 9.34 Å². The van der Waals surface area contributed by atoms with Gasteiger partial charge in [0, 0.05) is 47.4 Å². The lowest BCUT2D eigenvalue weighted by Gasteiger charge is -2.44. The quantitative estimate of drug-likeness (QED) is 0.197. The van der Waals surface area contributed by atoms with Gasteiger partial charge in [0.25, 0.3) is 0 Å². The molecule has 6 heteroatoms. The Labute approximate surface area is 278 Å². The maximum Gasteiger partial charge on any atom is 0.208 e. The number of hydrogen-bond donors (Lipinski definition) is 0. The van der Waals surface area contributed by atoms with E-state index in [-0.39, 0.29) is 0 Å². The van der Waals surface area contributed by atoms with Crippen molar-refractivity contribution in [3.63, 3.8) is 0 Å². The molecule has 0 radical (unpaired) electrons. The molecule has 0 spiro atoms. The van der Waals surface area contributed by atoms with E-state index in [9.17, 15) is 0 Å². The molecule has 0 amide bonds. The number of rotatable bonds is 6. The van der Waals surface area contributed by atoms with Crippen molar-refractivity contribution in [2.75, 3.05) is 26.2 Å². The number of hydrogen-bond acceptors (Lipinski definition) is 2. The van der Waals surface area contributed by atoms with Crippen molar-refractivity contribution >= 4 is 35.8 Å². The zero-order valence-corrected chi connectivity index (χ0v) is 31.8. The highest BCUT2D eigenvalue weighted by Crippen LogP contribution is 2.56. The lowest BCUT2D eigenvalue weighted by atomic mass is 10.1. The van der Waals surface area contributed by atoms with Gasteiger partial charge in [0.1, 0.15) is 0 Å². The summed E-state index contributed by atoms with van der Waals surface area (Å²) in [4.78, 5) is 0. The molecule has 0 saturated carbocycles. The van der Waals surface area contributed by atoms with E-state index >= 15 is 9.13 Å². The molecule has 1 aliphatic heterocycles. The molecule has 4 nitrogen and oxygen atoms in total. The van der Waals surface area contributed by atoms with Crippen molar-refractivity contribution in [2.45, 2.75) is 83.1 Å². The first kappa shape index (κ1) is 34.6. The van der Waals surface area contributed by atoms with E-state index in [0.717, 1.165) is 88.0 Å². The monoisotopic (exact) mass is 654 g/mol. The lowest BCUT2D eigenvalue weighted by molar-refractivity contribution is 0.277.